The molecule has 0 radical (unpaired) electrons. The Balaban J connectivity index is 1.63. The molecule has 0 bridgehead atoms. The van der Waals surface area contributed by atoms with E-state index in [9.17, 15) is 4.79 Å². The van der Waals surface area contributed by atoms with E-state index in [4.69, 9.17) is 16.6 Å². The molecule has 28 heavy (non-hydrogen) atoms. The van der Waals surface area contributed by atoms with Gasteiger partial charge in [-0.2, -0.15) is 0 Å². The van der Waals surface area contributed by atoms with Crippen LogP contribution in [0.25, 0.3) is 22.6 Å². The minimum Gasteiger partial charge on any atom is -0.315 e. The molecule has 0 spiro atoms. The van der Waals surface area contributed by atoms with Crippen LogP contribution >= 0.6 is 11.6 Å². The van der Waals surface area contributed by atoms with Crippen LogP contribution in [-0.2, 0) is 11.3 Å². The number of hydrogen-bond acceptors (Lipinski definition) is 3. The van der Waals surface area contributed by atoms with Crippen LogP contribution in [0.3, 0.4) is 0 Å². The van der Waals surface area contributed by atoms with Gasteiger partial charge in [-0.25, -0.2) is 9.97 Å². The zero-order valence-electron chi connectivity index (χ0n) is 15.4. The highest BCUT2D eigenvalue weighted by Gasteiger charge is 2.16. The van der Waals surface area contributed by atoms with Crippen molar-refractivity contribution in [2.75, 3.05) is 11.9 Å². The number of aromatic nitrogens is 3. The summed E-state index contributed by atoms with van der Waals surface area (Å²) in [6.45, 7) is 0.488. The second kappa shape index (κ2) is 7.82. The molecule has 0 saturated heterocycles. The van der Waals surface area contributed by atoms with Gasteiger partial charge in [-0.1, -0.05) is 29.8 Å². The number of halogens is 1. The molecule has 1 amide bonds. The molecule has 0 aliphatic heterocycles. The van der Waals surface area contributed by atoms with Crippen LogP contribution in [0, 0.1) is 0 Å². The van der Waals surface area contributed by atoms with Gasteiger partial charge in [0.1, 0.15) is 11.3 Å². The van der Waals surface area contributed by atoms with E-state index in [0.717, 1.165) is 28.2 Å². The second-order valence-electron chi connectivity index (χ2n) is 6.48. The number of benzene rings is 2. The lowest BCUT2D eigenvalue weighted by atomic mass is 10.2. The highest BCUT2D eigenvalue weighted by atomic mass is 35.5. The quantitative estimate of drug-likeness (QED) is 0.491. The Kier molecular flexibility index (Phi) is 5.08. The molecule has 0 aliphatic carbocycles. The summed E-state index contributed by atoms with van der Waals surface area (Å²) in [6.07, 6.45) is 2.08. The number of imidazole rings is 1. The fourth-order valence-electron chi connectivity index (χ4n) is 3.16. The lowest BCUT2D eigenvalue weighted by Gasteiger charge is -2.18. The number of carbonyl (C=O) groups is 1. The Labute approximate surface area is 168 Å². The summed E-state index contributed by atoms with van der Waals surface area (Å²) >= 11 is 6.02. The van der Waals surface area contributed by atoms with Gasteiger partial charge in [0.05, 0.1) is 0 Å². The van der Waals surface area contributed by atoms with Crippen LogP contribution in [0.5, 0.6) is 0 Å². The van der Waals surface area contributed by atoms with Crippen LogP contribution in [0.15, 0.2) is 72.9 Å². The van der Waals surface area contributed by atoms with Gasteiger partial charge in [0.25, 0.3) is 0 Å². The van der Waals surface area contributed by atoms with Crippen LogP contribution in [-0.4, -0.2) is 27.5 Å². The monoisotopic (exact) mass is 390 g/mol. The zero-order valence-corrected chi connectivity index (χ0v) is 16.2. The summed E-state index contributed by atoms with van der Waals surface area (Å²) in [5, 5.41) is 0.671. The Hall–Kier alpha value is -3.18. The minimum absolute atomic E-state index is 0.0334. The van der Waals surface area contributed by atoms with Gasteiger partial charge in [-0.05, 0) is 48.5 Å². The topological polar surface area (TPSA) is 51.0 Å². The number of rotatable bonds is 5. The summed E-state index contributed by atoms with van der Waals surface area (Å²) in [7, 11) is 1.79. The van der Waals surface area contributed by atoms with Crippen LogP contribution in [0.1, 0.15) is 6.42 Å². The van der Waals surface area contributed by atoms with Crippen LogP contribution in [0.4, 0.5) is 5.69 Å². The smallest absolute Gasteiger partial charge is 0.228 e. The maximum absolute atomic E-state index is 12.7. The van der Waals surface area contributed by atoms with E-state index >= 15 is 0 Å². The van der Waals surface area contributed by atoms with Gasteiger partial charge < -0.3 is 9.47 Å². The molecular formula is C22H19ClN4O. The molecule has 2 aromatic carbocycles. The standard InChI is InChI=1S/C22H19ClN4O/c1-26(18-6-3-2-4-7-18)20(28)13-15-27-21(16-9-11-17(23)12-10-16)25-19-8-5-14-24-22(19)27/h2-12,14H,13,15H2,1H3. The number of aryl methyl sites for hydroxylation is 1. The Morgan fingerprint density at radius 2 is 1.79 bits per heavy atom. The van der Waals surface area contributed by atoms with Crippen molar-refractivity contribution in [1.29, 1.82) is 0 Å². The number of para-hydroxylation sites is 1. The van der Waals surface area contributed by atoms with E-state index in [-0.39, 0.29) is 5.91 Å². The second-order valence-corrected chi connectivity index (χ2v) is 6.91. The number of carbonyl (C=O) groups excluding carboxylic acids is 1. The first-order valence-electron chi connectivity index (χ1n) is 9.02. The summed E-state index contributed by atoms with van der Waals surface area (Å²) in [6, 6.07) is 20.9. The first kappa shape index (κ1) is 18.2. The van der Waals surface area contributed by atoms with Gasteiger partial charge in [-0.15, -0.1) is 0 Å². The minimum atomic E-state index is 0.0334. The predicted molar refractivity (Wildman–Crippen MR) is 112 cm³/mol. The molecule has 4 aromatic rings. The number of fused-ring (bicyclic) bond motifs is 1. The van der Waals surface area contributed by atoms with E-state index in [2.05, 4.69) is 4.98 Å². The fourth-order valence-corrected chi connectivity index (χ4v) is 3.29. The molecular weight excluding hydrogens is 372 g/mol. The lowest BCUT2D eigenvalue weighted by molar-refractivity contribution is -0.118. The van der Waals surface area contributed by atoms with Crippen LogP contribution < -0.4 is 4.90 Å². The molecule has 0 N–H and O–H groups in total. The number of anilines is 1. The van der Waals surface area contributed by atoms with Crippen molar-refractivity contribution in [2.45, 2.75) is 13.0 Å². The third-order valence-electron chi connectivity index (χ3n) is 4.67. The number of nitrogens with zero attached hydrogens (tertiary/aromatic N) is 4. The summed E-state index contributed by atoms with van der Waals surface area (Å²) in [4.78, 5) is 23.6. The molecule has 0 atom stereocenters. The summed E-state index contributed by atoms with van der Waals surface area (Å²) in [5.74, 6) is 0.812. The normalized spacial score (nSPS) is 10.9. The number of amides is 1. The van der Waals surface area contributed by atoms with Crippen molar-refractivity contribution in [3.63, 3.8) is 0 Å². The van der Waals surface area contributed by atoms with Crippen molar-refractivity contribution in [1.82, 2.24) is 14.5 Å². The van der Waals surface area contributed by atoms with Gasteiger partial charge in [0, 0.05) is 42.5 Å². The largest absolute Gasteiger partial charge is 0.315 e. The highest BCUT2D eigenvalue weighted by molar-refractivity contribution is 6.30. The molecule has 0 fully saturated rings. The van der Waals surface area contributed by atoms with E-state index in [1.54, 1.807) is 18.1 Å². The van der Waals surface area contributed by atoms with Gasteiger partial charge >= 0.3 is 0 Å². The molecule has 140 valence electrons. The van der Waals surface area contributed by atoms with E-state index in [1.807, 2.05) is 71.3 Å². The first-order valence-corrected chi connectivity index (χ1v) is 9.40. The predicted octanol–water partition coefficient (Wildman–Crippen LogP) is 4.80. The third-order valence-corrected chi connectivity index (χ3v) is 4.93. The van der Waals surface area contributed by atoms with Crippen molar-refractivity contribution in [3.8, 4) is 11.4 Å². The summed E-state index contributed by atoms with van der Waals surface area (Å²) in [5.41, 5.74) is 3.38. The van der Waals surface area contributed by atoms with Crippen molar-refractivity contribution in [3.05, 3.63) is 77.9 Å². The lowest BCUT2D eigenvalue weighted by Crippen LogP contribution is -2.27. The van der Waals surface area contributed by atoms with E-state index in [0.29, 0.717) is 18.0 Å². The van der Waals surface area contributed by atoms with Gasteiger partial charge in [-0.3, -0.25) is 4.79 Å². The first-order chi connectivity index (χ1) is 13.6. The van der Waals surface area contributed by atoms with Gasteiger partial charge in [0.2, 0.25) is 5.91 Å². The highest BCUT2D eigenvalue weighted by Crippen LogP contribution is 2.25. The third kappa shape index (κ3) is 3.62. The Bertz CT molecular complexity index is 1110. The van der Waals surface area contributed by atoms with Gasteiger partial charge in [0.15, 0.2) is 5.65 Å². The molecule has 0 aliphatic rings. The Morgan fingerprint density at radius 3 is 2.54 bits per heavy atom. The maximum atomic E-state index is 12.7. The van der Waals surface area contributed by atoms with Crippen molar-refractivity contribution >= 4 is 34.4 Å². The molecule has 2 aromatic heterocycles. The average molecular weight is 391 g/mol. The number of hydrogen-bond donors (Lipinski definition) is 0. The summed E-state index contributed by atoms with van der Waals surface area (Å²) < 4.78 is 2.00. The van der Waals surface area contributed by atoms with Crippen molar-refractivity contribution < 1.29 is 4.79 Å². The molecule has 6 heteroatoms. The molecule has 4 rings (SSSR count). The van der Waals surface area contributed by atoms with Crippen LogP contribution in [0.2, 0.25) is 5.02 Å². The number of pyridine rings is 1. The van der Waals surface area contributed by atoms with Crippen molar-refractivity contribution in [2.24, 2.45) is 0 Å². The molecule has 0 unspecified atom stereocenters. The SMILES string of the molecule is CN(C(=O)CCn1c(-c2ccc(Cl)cc2)nc2cccnc21)c1ccccc1. The Morgan fingerprint density at radius 1 is 1.04 bits per heavy atom. The fraction of sp³-hybridized carbons (Fsp3) is 0.136. The molecule has 0 saturated carbocycles. The van der Waals surface area contributed by atoms with E-state index < -0.39 is 0 Å². The molecule has 2 heterocycles. The van der Waals surface area contributed by atoms with E-state index in [1.165, 1.54) is 0 Å². The maximum Gasteiger partial charge on any atom is 0.228 e. The average Bonchev–Trinajstić information content (AvgIpc) is 3.11. The molecule has 5 nitrogen and oxygen atoms in total. The zero-order chi connectivity index (χ0) is 19.5.